The lowest BCUT2D eigenvalue weighted by Gasteiger charge is -2.22. The van der Waals surface area contributed by atoms with Gasteiger partial charge < -0.3 is 0 Å². The summed E-state index contributed by atoms with van der Waals surface area (Å²) in [7, 11) is 1.73. The lowest BCUT2D eigenvalue weighted by Crippen LogP contribution is -2.05. The first-order valence-corrected chi connectivity index (χ1v) is 9.34. The molecule has 26 heavy (non-hydrogen) atoms. The SMILES string of the molecule is CC#Cc1ccc(C2CCCCC2)cc1C#Cc1ccccc1C#[N+]C. The molecule has 0 unspecified atom stereocenters. The first kappa shape index (κ1) is 17.9. The molecule has 0 aromatic heterocycles. The van der Waals surface area contributed by atoms with Gasteiger partial charge in [-0.3, -0.25) is 0 Å². The minimum absolute atomic E-state index is 0.667. The molecule has 2 aromatic carbocycles. The molecule has 0 spiro atoms. The van der Waals surface area contributed by atoms with Crippen LogP contribution in [0.4, 0.5) is 0 Å². The Labute approximate surface area is 157 Å². The van der Waals surface area contributed by atoms with Crippen LogP contribution < -0.4 is 0 Å². The summed E-state index contributed by atoms with van der Waals surface area (Å²) in [6.07, 6.45) is 6.62. The largest absolute Gasteiger partial charge is 0.311 e. The Morgan fingerprint density at radius 3 is 2.23 bits per heavy atom. The number of hydrogen-bond acceptors (Lipinski definition) is 0. The summed E-state index contributed by atoms with van der Waals surface area (Å²) in [5.41, 5.74) is 5.30. The van der Waals surface area contributed by atoms with Gasteiger partial charge in [0.15, 0.2) is 0 Å². The number of benzene rings is 2. The summed E-state index contributed by atoms with van der Waals surface area (Å²) < 4.78 is 0. The Kier molecular flexibility index (Phi) is 6.14. The third-order valence-corrected chi connectivity index (χ3v) is 4.87. The van der Waals surface area contributed by atoms with Gasteiger partial charge in [-0.05, 0) is 55.5 Å². The Bertz CT molecular complexity index is 958. The van der Waals surface area contributed by atoms with E-state index in [4.69, 9.17) is 0 Å². The highest BCUT2D eigenvalue weighted by atomic mass is 14.6. The van der Waals surface area contributed by atoms with Gasteiger partial charge in [-0.1, -0.05) is 60.1 Å². The smallest absolute Gasteiger partial charge is 0.101 e. The predicted molar refractivity (Wildman–Crippen MR) is 110 cm³/mol. The third kappa shape index (κ3) is 4.36. The Morgan fingerprint density at radius 2 is 1.50 bits per heavy atom. The first-order chi connectivity index (χ1) is 12.8. The molecule has 0 radical (unpaired) electrons. The van der Waals surface area contributed by atoms with Crippen molar-refractivity contribution < 1.29 is 0 Å². The lowest BCUT2D eigenvalue weighted by molar-refractivity contribution is 0.443. The Morgan fingerprint density at radius 1 is 0.808 bits per heavy atom. The molecular weight excluding hydrogens is 314 g/mol. The molecule has 2 aromatic rings. The van der Waals surface area contributed by atoms with Crippen molar-refractivity contribution in [2.45, 2.75) is 44.9 Å². The van der Waals surface area contributed by atoms with E-state index in [2.05, 4.69) is 52.8 Å². The van der Waals surface area contributed by atoms with Crippen molar-refractivity contribution in [1.82, 2.24) is 0 Å². The zero-order chi connectivity index (χ0) is 18.2. The van der Waals surface area contributed by atoms with E-state index in [1.54, 1.807) is 7.05 Å². The van der Waals surface area contributed by atoms with Crippen LogP contribution in [0.1, 0.15) is 72.8 Å². The van der Waals surface area contributed by atoms with E-state index >= 15 is 0 Å². The molecule has 0 heterocycles. The van der Waals surface area contributed by atoms with Crippen molar-refractivity contribution in [1.29, 1.82) is 0 Å². The molecule has 0 N–H and O–H groups in total. The molecule has 1 saturated carbocycles. The average Bonchev–Trinajstić information content (AvgIpc) is 2.69. The molecule has 1 aliphatic carbocycles. The molecule has 0 atom stereocenters. The van der Waals surface area contributed by atoms with Crippen molar-refractivity contribution in [2.24, 2.45) is 0 Å². The molecule has 0 bridgehead atoms. The Hall–Kier alpha value is -2.95. The molecular formula is C25H24N+. The highest BCUT2D eigenvalue weighted by Gasteiger charge is 2.16. The second kappa shape index (κ2) is 8.94. The monoisotopic (exact) mass is 338 g/mol. The average molecular weight is 338 g/mol. The summed E-state index contributed by atoms with van der Waals surface area (Å²) in [5.74, 6) is 13.5. The molecule has 1 nitrogen and oxygen atoms in total. The van der Waals surface area contributed by atoms with Gasteiger partial charge in [0.2, 0.25) is 0 Å². The fourth-order valence-corrected chi connectivity index (χ4v) is 3.54. The van der Waals surface area contributed by atoms with Gasteiger partial charge in [0.1, 0.15) is 5.56 Å². The van der Waals surface area contributed by atoms with Gasteiger partial charge in [-0.2, -0.15) is 0 Å². The third-order valence-electron chi connectivity index (χ3n) is 4.87. The van der Waals surface area contributed by atoms with Crippen molar-refractivity contribution >= 4 is 0 Å². The number of hydrogen-bond donors (Lipinski definition) is 0. The van der Waals surface area contributed by atoms with Crippen LogP contribution in [0, 0.1) is 29.8 Å². The molecule has 3 rings (SSSR count). The molecule has 0 aliphatic heterocycles. The van der Waals surface area contributed by atoms with Crippen LogP contribution in [-0.4, -0.2) is 7.05 Å². The van der Waals surface area contributed by atoms with Crippen molar-refractivity contribution in [3.8, 4) is 29.8 Å². The van der Waals surface area contributed by atoms with Crippen molar-refractivity contribution in [3.05, 3.63) is 75.1 Å². The molecule has 0 amide bonds. The molecule has 128 valence electrons. The van der Waals surface area contributed by atoms with E-state index in [1.165, 1.54) is 37.7 Å². The van der Waals surface area contributed by atoms with E-state index in [1.807, 2.05) is 31.2 Å². The van der Waals surface area contributed by atoms with E-state index in [-0.39, 0.29) is 0 Å². The van der Waals surface area contributed by atoms with Gasteiger partial charge >= 0.3 is 6.07 Å². The molecule has 1 heteroatoms. The zero-order valence-corrected chi connectivity index (χ0v) is 15.6. The van der Waals surface area contributed by atoms with Gasteiger partial charge in [0.25, 0.3) is 7.05 Å². The van der Waals surface area contributed by atoms with Crippen LogP contribution >= 0.6 is 0 Å². The first-order valence-electron chi connectivity index (χ1n) is 9.34. The Balaban J connectivity index is 2.00. The fraction of sp³-hybridized carbons (Fsp3) is 0.320. The number of nitrogens with zero attached hydrogens (tertiary/aromatic N) is 1. The quantitative estimate of drug-likeness (QED) is 0.577. The van der Waals surface area contributed by atoms with Crippen molar-refractivity contribution in [2.75, 3.05) is 7.05 Å². The standard InChI is InChI=1S/C25H24N/c1-3-9-20-14-16-24(21-10-5-4-6-11-21)18-23(20)17-15-22-12-7-8-13-25(22)19-26-2/h7-8,12-14,16,18,21H,4-6,10-11H2,1-2H3/q+1. The van der Waals surface area contributed by atoms with Crippen LogP contribution in [-0.2, 0) is 0 Å². The highest BCUT2D eigenvalue weighted by Crippen LogP contribution is 2.33. The van der Waals surface area contributed by atoms with Gasteiger partial charge in [-0.15, -0.1) is 5.92 Å². The second-order valence-electron chi connectivity index (χ2n) is 6.65. The summed E-state index contributed by atoms with van der Waals surface area (Å²) >= 11 is 0. The van der Waals surface area contributed by atoms with Crippen LogP contribution in [0.25, 0.3) is 4.85 Å². The summed E-state index contributed by atoms with van der Waals surface area (Å²) in [4.78, 5) is 4.00. The van der Waals surface area contributed by atoms with Crippen LogP contribution in [0.2, 0.25) is 0 Å². The summed E-state index contributed by atoms with van der Waals surface area (Å²) in [6.45, 7) is 1.87. The molecule has 1 fully saturated rings. The van der Waals surface area contributed by atoms with E-state index in [0.717, 1.165) is 22.3 Å². The summed E-state index contributed by atoms with van der Waals surface area (Å²) in [5, 5.41) is 0. The lowest BCUT2D eigenvalue weighted by atomic mass is 9.83. The predicted octanol–water partition coefficient (Wildman–Crippen LogP) is 5.82. The molecule has 1 aliphatic rings. The number of rotatable bonds is 1. The van der Waals surface area contributed by atoms with Gasteiger partial charge in [0.05, 0.1) is 0 Å². The second-order valence-corrected chi connectivity index (χ2v) is 6.65. The zero-order valence-electron chi connectivity index (χ0n) is 15.6. The van der Waals surface area contributed by atoms with E-state index in [0.29, 0.717) is 5.92 Å². The van der Waals surface area contributed by atoms with Crippen LogP contribution in [0.5, 0.6) is 0 Å². The topological polar surface area (TPSA) is 4.36 Å². The van der Waals surface area contributed by atoms with E-state index in [9.17, 15) is 0 Å². The molecule has 0 saturated heterocycles. The minimum atomic E-state index is 0.667. The summed E-state index contributed by atoms with van der Waals surface area (Å²) in [6, 6.07) is 17.6. The van der Waals surface area contributed by atoms with Crippen molar-refractivity contribution in [3.63, 3.8) is 0 Å². The van der Waals surface area contributed by atoms with Gasteiger partial charge in [0, 0.05) is 16.7 Å². The fourth-order valence-electron chi connectivity index (χ4n) is 3.54. The normalized spacial score (nSPS) is 13.5. The van der Waals surface area contributed by atoms with Crippen LogP contribution in [0.3, 0.4) is 0 Å². The van der Waals surface area contributed by atoms with E-state index < -0.39 is 0 Å². The minimum Gasteiger partial charge on any atom is -0.101 e. The maximum Gasteiger partial charge on any atom is 0.311 e. The van der Waals surface area contributed by atoms with Crippen LogP contribution in [0.15, 0.2) is 42.5 Å². The maximum atomic E-state index is 4.00. The maximum absolute atomic E-state index is 4.00. The van der Waals surface area contributed by atoms with Gasteiger partial charge in [-0.25, -0.2) is 0 Å². The highest BCUT2D eigenvalue weighted by molar-refractivity contribution is 5.56.